The number of rotatable bonds is 5. The smallest absolute Gasteiger partial charge is 0.387 e. The first kappa shape index (κ1) is 20.7. The molecule has 1 heterocycles. The van der Waals surface area contributed by atoms with Gasteiger partial charge < -0.3 is 4.74 Å². The molecule has 152 valence electrons. The molecule has 2 N–H and O–H groups in total. The summed E-state index contributed by atoms with van der Waals surface area (Å²) in [7, 11) is 0. The zero-order valence-electron chi connectivity index (χ0n) is 16.9. The molecule has 5 heteroatoms. The fourth-order valence-electron chi connectivity index (χ4n) is 4.13. The lowest BCUT2D eigenvalue weighted by atomic mass is 9.80. The van der Waals surface area contributed by atoms with Crippen LogP contribution in [0.15, 0.2) is 48.5 Å². The molecular weight excluding hydrogens is 358 g/mol. The minimum atomic E-state index is -2.83. The highest BCUT2D eigenvalue weighted by Crippen LogP contribution is 2.39. The fourth-order valence-corrected chi connectivity index (χ4v) is 4.13. The maximum Gasteiger partial charge on any atom is 0.387 e. The van der Waals surface area contributed by atoms with E-state index < -0.39 is 6.61 Å². The molecule has 2 atom stereocenters. The van der Waals surface area contributed by atoms with E-state index in [1.807, 2.05) is 35.3 Å². The second-order valence-electron chi connectivity index (χ2n) is 8.65. The van der Waals surface area contributed by atoms with Gasteiger partial charge in [-0.05, 0) is 53.4 Å². The Kier molecular flexibility index (Phi) is 6.36. The molecule has 0 radical (unpaired) electrons. The Morgan fingerprint density at radius 1 is 1.14 bits per heavy atom. The molecule has 2 aromatic rings. The van der Waals surface area contributed by atoms with E-state index >= 15 is 0 Å². The average Bonchev–Trinajstić information content (AvgIpc) is 2.63. The highest BCUT2D eigenvalue weighted by Gasteiger charge is 2.32. The molecular formula is C23H30F2N2O. The quantitative estimate of drug-likeness (QED) is 0.692. The predicted octanol–water partition coefficient (Wildman–Crippen LogP) is 5.46. The molecule has 3 rings (SSSR count). The average molecular weight is 389 g/mol. The van der Waals surface area contributed by atoms with Crippen molar-refractivity contribution in [2.75, 3.05) is 6.54 Å². The Bertz CT molecular complexity index is 774. The summed E-state index contributed by atoms with van der Waals surface area (Å²) in [6.07, 6.45) is 2.65. The van der Waals surface area contributed by atoms with Crippen LogP contribution in [0.2, 0.25) is 0 Å². The number of nitrogens with two attached hydrogens (primary N) is 1. The van der Waals surface area contributed by atoms with Crippen molar-refractivity contribution in [2.45, 2.75) is 58.1 Å². The van der Waals surface area contributed by atoms with Gasteiger partial charge in [-0.2, -0.15) is 8.78 Å². The van der Waals surface area contributed by atoms with Crippen molar-refractivity contribution in [1.29, 1.82) is 0 Å². The molecule has 0 aromatic heterocycles. The lowest BCUT2D eigenvalue weighted by Crippen LogP contribution is -2.44. The lowest BCUT2D eigenvalue weighted by molar-refractivity contribution is -0.0507. The highest BCUT2D eigenvalue weighted by atomic mass is 19.3. The van der Waals surface area contributed by atoms with Crippen LogP contribution < -0.4 is 10.6 Å². The van der Waals surface area contributed by atoms with Gasteiger partial charge in [-0.15, -0.1) is 0 Å². The van der Waals surface area contributed by atoms with Gasteiger partial charge in [0.05, 0.1) is 6.04 Å². The van der Waals surface area contributed by atoms with Crippen LogP contribution in [0.4, 0.5) is 8.78 Å². The number of ether oxygens (including phenoxy) is 1. The van der Waals surface area contributed by atoms with Crippen LogP contribution in [0.3, 0.4) is 0 Å². The van der Waals surface area contributed by atoms with Gasteiger partial charge in [0, 0.05) is 6.54 Å². The summed E-state index contributed by atoms with van der Waals surface area (Å²) in [5, 5.41) is 1.89. The number of benzene rings is 2. The third-order valence-corrected chi connectivity index (χ3v) is 5.56. The van der Waals surface area contributed by atoms with E-state index in [-0.39, 0.29) is 23.1 Å². The van der Waals surface area contributed by atoms with Gasteiger partial charge in [0.1, 0.15) is 5.75 Å². The molecule has 1 aliphatic heterocycles. The first-order valence-electron chi connectivity index (χ1n) is 9.90. The van der Waals surface area contributed by atoms with Crippen molar-refractivity contribution in [3.05, 3.63) is 65.2 Å². The summed E-state index contributed by atoms with van der Waals surface area (Å²) < 4.78 is 30.8. The number of hydrogen-bond donors (Lipinski definition) is 1. The van der Waals surface area contributed by atoms with Gasteiger partial charge in [0.2, 0.25) is 0 Å². The molecule has 0 bridgehead atoms. The normalized spacial score (nSPS) is 21.1. The molecule has 0 aliphatic carbocycles. The van der Waals surface area contributed by atoms with E-state index in [4.69, 9.17) is 10.6 Å². The molecule has 0 spiro atoms. The third-order valence-electron chi connectivity index (χ3n) is 5.56. The number of hydrazine groups is 1. The van der Waals surface area contributed by atoms with Crippen molar-refractivity contribution in [3.63, 3.8) is 0 Å². The Morgan fingerprint density at radius 3 is 2.50 bits per heavy atom. The van der Waals surface area contributed by atoms with Crippen LogP contribution in [0.25, 0.3) is 0 Å². The second kappa shape index (κ2) is 8.58. The molecule has 2 aromatic carbocycles. The molecule has 1 aliphatic rings. The molecule has 0 saturated carbocycles. The van der Waals surface area contributed by atoms with E-state index in [0.29, 0.717) is 6.42 Å². The zero-order valence-corrected chi connectivity index (χ0v) is 16.9. The summed E-state index contributed by atoms with van der Waals surface area (Å²) in [6.45, 7) is 4.36. The minimum Gasteiger partial charge on any atom is -0.435 e. The molecule has 1 saturated heterocycles. The van der Waals surface area contributed by atoms with Gasteiger partial charge in [-0.3, -0.25) is 5.84 Å². The van der Waals surface area contributed by atoms with E-state index in [2.05, 4.69) is 32.9 Å². The van der Waals surface area contributed by atoms with E-state index in [9.17, 15) is 8.78 Å². The fraction of sp³-hybridized carbons (Fsp3) is 0.478. The predicted molar refractivity (Wildman–Crippen MR) is 108 cm³/mol. The van der Waals surface area contributed by atoms with Crippen molar-refractivity contribution < 1.29 is 13.5 Å². The number of halogens is 2. The Hall–Kier alpha value is -1.98. The third kappa shape index (κ3) is 4.89. The van der Waals surface area contributed by atoms with Gasteiger partial charge in [0.15, 0.2) is 0 Å². The SMILES string of the molecule is CC(C)(C)c1ccc(OC(F)F)c(C[C@@H]2CCCN(N)[C@@H]2c2ccccc2)c1. The van der Waals surface area contributed by atoms with Crippen LogP contribution in [-0.2, 0) is 11.8 Å². The molecule has 28 heavy (non-hydrogen) atoms. The number of nitrogens with zero attached hydrogens (tertiary/aromatic N) is 1. The maximum atomic E-state index is 13.0. The summed E-state index contributed by atoms with van der Waals surface area (Å²) >= 11 is 0. The molecule has 1 fully saturated rings. The minimum absolute atomic E-state index is 0.0626. The Balaban J connectivity index is 1.95. The van der Waals surface area contributed by atoms with E-state index in [1.165, 1.54) is 0 Å². The number of hydrogen-bond acceptors (Lipinski definition) is 3. The van der Waals surface area contributed by atoms with Crippen molar-refractivity contribution in [1.82, 2.24) is 5.01 Å². The monoisotopic (exact) mass is 388 g/mol. The lowest BCUT2D eigenvalue weighted by Gasteiger charge is -2.39. The van der Waals surface area contributed by atoms with E-state index in [0.717, 1.165) is 36.1 Å². The highest BCUT2D eigenvalue weighted by molar-refractivity contribution is 5.40. The Labute approximate surface area is 166 Å². The van der Waals surface area contributed by atoms with Crippen LogP contribution in [-0.4, -0.2) is 18.2 Å². The molecule has 0 amide bonds. The topological polar surface area (TPSA) is 38.5 Å². The van der Waals surface area contributed by atoms with Crippen molar-refractivity contribution >= 4 is 0 Å². The standard InChI is InChI=1S/C23H30F2N2O/c1-23(2,3)19-11-12-20(28-22(24)25)18(15-19)14-17-10-7-13-27(26)21(17)16-8-5-4-6-9-16/h4-6,8-9,11-12,15,17,21-22H,7,10,13-14,26H2,1-3H3/t17-,21+/m0/s1. The van der Waals surface area contributed by atoms with Crippen LogP contribution >= 0.6 is 0 Å². The van der Waals surface area contributed by atoms with Crippen molar-refractivity contribution in [3.8, 4) is 5.75 Å². The van der Waals surface area contributed by atoms with Gasteiger partial charge in [0.25, 0.3) is 0 Å². The summed E-state index contributed by atoms with van der Waals surface area (Å²) in [5.41, 5.74) is 3.04. The van der Waals surface area contributed by atoms with E-state index in [1.54, 1.807) is 6.07 Å². The first-order chi connectivity index (χ1) is 13.3. The maximum absolute atomic E-state index is 13.0. The number of piperidine rings is 1. The van der Waals surface area contributed by atoms with Gasteiger partial charge >= 0.3 is 6.61 Å². The molecule has 3 nitrogen and oxygen atoms in total. The van der Waals surface area contributed by atoms with Gasteiger partial charge in [-0.25, -0.2) is 5.01 Å². The van der Waals surface area contributed by atoms with Crippen LogP contribution in [0.1, 0.15) is 56.3 Å². The largest absolute Gasteiger partial charge is 0.435 e. The Morgan fingerprint density at radius 2 is 1.86 bits per heavy atom. The summed E-state index contributed by atoms with van der Waals surface area (Å²) in [4.78, 5) is 0. The van der Waals surface area contributed by atoms with Crippen LogP contribution in [0, 0.1) is 5.92 Å². The van der Waals surface area contributed by atoms with Gasteiger partial charge in [-0.1, -0.05) is 63.2 Å². The summed E-state index contributed by atoms with van der Waals surface area (Å²) in [5.74, 6) is 6.86. The first-order valence-corrected chi connectivity index (χ1v) is 9.90. The molecule has 0 unspecified atom stereocenters. The van der Waals surface area contributed by atoms with Crippen molar-refractivity contribution in [2.24, 2.45) is 11.8 Å². The zero-order chi connectivity index (χ0) is 20.3. The van der Waals surface area contributed by atoms with Crippen LogP contribution in [0.5, 0.6) is 5.75 Å². The number of alkyl halides is 2. The summed E-state index contributed by atoms with van der Waals surface area (Å²) in [6, 6.07) is 15.8. The second-order valence-corrected chi connectivity index (χ2v) is 8.65.